The van der Waals surface area contributed by atoms with Crippen LogP contribution >= 0.6 is 11.8 Å². The first kappa shape index (κ1) is 31.5. The lowest BCUT2D eigenvalue weighted by Crippen LogP contribution is -2.54. The Morgan fingerprint density at radius 1 is 1.11 bits per heavy atom. The van der Waals surface area contributed by atoms with Crippen molar-refractivity contribution in [3.63, 3.8) is 0 Å². The van der Waals surface area contributed by atoms with E-state index in [0.29, 0.717) is 17.7 Å². The molecule has 38 heavy (non-hydrogen) atoms. The third-order valence-corrected chi connectivity index (χ3v) is 6.60. The molecule has 0 radical (unpaired) electrons. The van der Waals surface area contributed by atoms with Gasteiger partial charge in [0.2, 0.25) is 11.8 Å². The number of rotatable bonds is 14. The second-order valence-corrected chi connectivity index (χ2v) is 11.3. The Morgan fingerprint density at radius 2 is 1.76 bits per heavy atom. The molecular weight excluding hydrogens is 506 g/mol. The molecule has 9 nitrogen and oxygen atoms in total. The van der Waals surface area contributed by atoms with Gasteiger partial charge >= 0.3 is 12.1 Å². The highest BCUT2D eigenvalue weighted by Gasteiger charge is 2.44. The van der Waals surface area contributed by atoms with E-state index in [9.17, 15) is 19.2 Å². The van der Waals surface area contributed by atoms with Crippen molar-refractivity contribution in [2.45, 2.75) is 90.4 Å². The molecule has 2 unspecified atom stereocenters. The normalized spacial score (nSPS) is 14.7. The first-order chi connectivity index (χ1) is 18.0. The summed E-state index contributed by atoms with van der Waals surface area (Å²) in [6, 6.07) is 5.78. The Balaban J connectivity index is 2.36. The number of alkyl carbamates (subject to hydrolysis) is 1. The number of nitrogens with zero attached hydrogens (tertiary/aromatic N) is 1. The molecule has 2 rings (SSSR count). The fourth-order valence-electron chi connectivity index (χ4n) is 3.99. The van der Waals surface area contributed by atoms with Crippen LogP contribution < -0.4 is 10.6 Å². The Morgan fingerprint density at radius 3 is 2.29 bits per heavy atom. The topological polar surface area (TPSA) is 114 Å². The number of hydrogen-bond acceptors (Lipinski definition) is 7. The number of nitrogens with one attached hydrogen (secondary N) is 2. The van der Waals surface area contributed by atoms with Gasteiger partial charge in [0.05, 0.1) is 13.0 Å². The van der Waals surface area contributed by atoms with E-state index < -0.39 is 29.7 Å². The van der Waals surface area contributed by atoms with Gasteiger partial charge in [0.15, 0.2) is 0 Å². The molecule has 1 fully saturated rings. The van der Waals surface area contributed by atoms with Gasteiger partial charge in [-0.05, 0) is 76.5 Å². The van der Waals surface area contributed by atoms with Crippen LogP contribution in [0.25, 0.3) is 0 Å². The summed E-state index contributed by atoms with van der Waals surface area (Å²) in [5, 5.41) is 5.57. The maximum absolute atomic E-state index is 14.0. The lowest BCUT2D eigenvalue weighted by molar-refractivity contribution is -0.144. The fraction of sp³-hybridized carbons (Fsp3) is 0.643. The van der Waals surface area contributed by atoms with Crippen molar-refractivity contribution in [3.8, 4) is 0 Å². The largest absolute Gasteiger partial charge is 0.466 e. The van der Waals surface area contributed by atoms with Crippen LogP contribution in [-0.4, -0.2) is 71.6 Å². The molecule has 0 spiro atoms. The van der Waals surface area contributed by atoms with Crippen molar-refractivity contribution in [2.75, 3.05) is 25.2 Å². The zero-order chi connectivity index (χ0) is 28.3. The molecule has 10 heteroatoms. The van der Waals surface area contributed by atoms with Gasteiger partial charge in [-0.15, -0.1) is 0 Å². The van der Waals surface area contributed by atoms with E-state index in [1.807, 2.05) is 37.4 Å². The summed E-state index contributed by atoms with van der Waals surface area (Å²) in [7, 11) is 0. The molecule has 1 aromatic carbocycles. The van der Waals surface area contributed by atoms with Crippen molar-refractivity contribution in [3.05, 3.63) is 35.4 Å². The van der Waals surface area contributed by atoms with Crippen molar-refractivity contribution in [1.82, 2.24) is 15.5 Å². The summed E-state index contributed by atoms with van der Waals surface area (Å²) < 4.78 is 10.4. The van der Waals surface area contributed by atoms with E-state index in [1.165, 1.54) is 0 Å². The highest BCUT2D eigenvalue weighted by Crippen LogP contribution is 2.36. The molecule has 1 aliphatic rings. The lowest BCUT2D eigenvalue weighted by Gasteiger charge is -2.34. The van der Waals surface area contributed by atoms with Crippen molar-refractivity contribution in [2.24, 2.45) is 0 Å². The standard InChI is InChI=1S/C28H43N3O6S/c1-7-19-9-11-20(12-10-19)24(25(33)29-17-15-23(32)36-8-2)31(21-13-14-21)26(34)22(16-18-38-6)30-27(35)37-28(3,4)5/h9-12,21-22,24H,7-8,13-18H2,1-6H3,(H,29,33)(H,30,35). The van der Waals surface area contributed by atoms with E-state index >= 15 is 0 Å². The van der Waals surface area contributed by atoms with Crippen LogP contribution in [0.5, 0.6) is 0 Å². The second-order valence-electron chi connectivity index (χ2n) is 10.3. The number of ether oxygens (including phenoxy) is 2. The molecule has 2 N–H and O–H groups in total. The Hall–Kier alpha value is -2.75. The number of aryl methyl sites for hydroxylation is 1. The molecule has 0 heterocycles. The smallest absolute Gasteiger partial charge is 0.408 e. The van der Waals surface area contributed by atoms with Gasteiger partial charge in [-0.25, -0.2) is 4.79 Å². The van der Waals surface area contributed by atoms with Crippen LogP contribution in [0, 0.1) is 0 Å². The highest BCUT2D eigenvalue weighted by molar-refractivity contribution is 7.98. The molecule has 1 saturated carbocycles. The van der Waals surface area contributed by atoms with Gasteiger partial charge < -0.3 is 25.0 Å². The number of carbonyl (C=O) groups is 4. The van der Waals surface area contributed by atoms with Gasteiger partial charge in [-0.1, -0.05) is 31.2 Å². The number of benzene rings is 1. The van der Waals surface area contributed by atoms with Gasteiger partial charge in [-0.3, -0.25) is 14.4 Å². The van der Waals surface area contributed by atoms with E-state index in [1.54, 1.807) is 44.4 Å². The highest BCUT2D eigenvalue weighted by atomic mass is 32.2. The summed E-state index contributed by atoms with van der Waals surface area (Å²) in [6.07, 6.45) is 4.08. The third-order valence-electron chi connectivity index (χ3n) is 5.96. The quantitative estimate of drug-likeness (QED) is 0.337. The third kappa shape index (κ3) is 10.2. The summed E-state index contributed by atoms with van der Waals surface area (Å²) >= 11 is 1.57. The zero-order valence-electron chi connectivity index (χ0n) is 23.5. The summed E-state index contributed by atoms with van der Waals surface area (Å²) in [6.45, 7) is 9.43. The number of amides is 3. The van der Waals surface area contributed by atoms with E-state index in [-0.39, 0.29) is 37.4 Å². The number of hydrogen-bond donors (Lipinski definition) is 2. The van der Waals surface area contributed by atoms with Crippen LogP contribution in [-0.2, 0) is 30.3 Å². The maximum atomic E-state index is 14.0. The monoisotopic (exact) mass is 549 g/mol. The van der Waals surface area contributed by atoms with Gasteiger partial charge in [0.25, 0.3) is 0 Å². The molecule has 212 valence electrons. The SMILES string of the molecule is CCOC(=O)CCNC(=O)C(c1ccc(CC)cc1)N(C(=O)C(CCSC)NC(=O)OC(C)(C)C)C1CC1. The Kier molecular flexibility index (Phi) is 12.4. The van der Waals surface area contributed by atoms with Gasteiger partial charge in [0, 0.05) is 12.6 Å². The number of esters is 1. The first-order valence-electron chi connectivity index (χ1n) is 13.3. The van der Waals surface area contributed by atoms with Crippen LogP contribution in [0.1, 0.15) is 77.5 Å². The van der Waals surface area contributed by atoms with E-state index in [4.69, 9.17) is 9.47 Å². The van der Waals surface area contributed by atoms with Crippen molar-refractivity contribution < 1.29 is 28.7 Å². The van der Waals surface area contributed by atoms with Gasteiger partial charge in [-0.2, -0.15) is 11.8 Å². The molecule has 0 aromatic heterocycles. The van der Waals surface area contributed by atoms with Crippen molar-refractivity contribution >= 4 is 35.6 Å². The summed E-state index contributed by atoms with van der Waals surface area (Å²) in [5.74, 6) is -0.450. The first-order valence-corrected chi connectivity index (χ1v) is 14.7. The molecular formula is C28H43N3O6S. The molecule has 0 saturated heterocycles. The van der Waals surface area contributed by atoms with Crippen LogP contribution in [0.2, 0.25) is 0 Å². The zero-order valence-corrected chi connectivity index (χ0v) is 24.3. The minimum atomic E-state index is -0.902. The molecule has 0 aliphatic heterocycles. The minimum absolute atomic E-state index is 0.0367. The predicted molar refractivity (Wildman–Crippen MR) is 149 cm³/mol. The maximum Gasteiger partial charge on any atom is 0.408 e. The predicted octanol–water partition coefficient (Wildman–Crippen LogP) is 4.00. The number of carbonyl (C=O) groups excluding carboxylic acids is 4. The Bertz CT molecular complexity index is 943. The molecule has 3 amide bonds. The summed E-state index contributed by atoms with van der Waals surface area (Å²) in [5.41, 5.74) is 1.08. The minimum Gasteiger partial charge on any atom is -0.466 e. The second kappa shape index (κ2) is 15.0. The fourth-order valence-corrected chi connectivity index (χ4v) is 4.46. The molecule has 1 aromatic rings. The van der Waals surface area contributed by atoms with Crippen LogP contribution in [0.3, 0.4) is 0 Å². The molecule has 1 aliphatic carbocycles. The van der Waals surface area contributed by atoms with Gasteiger partial charge in [0.1, 0.15) is 17.7 Å². The number of thioether (sulfide) groups is 1. The van der Waals surface area contributed by atoms with Crippen LogP contribution in [0.15, 0.2) is 24.3 Å². The lowest BCUT2D eigenvalue weighted by atomic mass is 10.00. The average molecular weight is 550 g/mol. The van der Waals surface area contributed by atoms with E-state index in [0.717, 1.165) is 24.8 Å². The molecule has 0 bridgehead atoms. The molecule has 2 atom stereocenters. The summed E-state index contributed by atoms with van der Waals surface area (Å²) in [4.78, 5) is 53.6. The van der Waals surface area contributed by atoms with Crippen molar-refractivity contribution in [1.29, 1.82) is 0 Å². The van der Waals surface area contributed by atoms with Crippen LogP contribution in [0.4, 0.5) is 4.79 Å². The van der Waals surface area contributed by atoms with E-state index in [2.05, 4.69) is 10.6 Å². The average Bonchev–Trinajstić information content (AvgIpc) is 3.69. The Labute approximate surface area is 230 Å².